The molecule has 1 amide bonds. The molecular formula is C26H35NO8. The zero-order valence-electron chi connectivity index (χ0n) is 21.0. The SMILES string of the molecule is COCO[C@@H]1C[C@@]23CN(C(C)=O)CCO[C@@]2(CCC3=O)C2=CC(=O)[C@@H]3C[C@]4(OC)CC[C@]3(C)[C@]21O4. The van der Waals surface area contributed by atoms with E-state index in [1.54, 1.807) is 25.2 Å². The van der Waals surface area contributed by atoms with Crippen LogP contribution in [0.15, 0.2) is 11.6 Å². The number of Topliss-reactive ketones (excluding diaryl/α,β-unsaturated/α-hetero) is 1. The van der Waals surface area contributed by atoms with Gasteiger partial charge in [0, 0.05) is 70.4 Å². The average Bonchev–Trinajstić information content (AvgIpc) is 2.99. The lowest BCUT2D eigenvalue weighted by atomic mass is 9.41. The van der Waals surface area contributed by atoms with Gasteiger partial charge in [-0.1, -0.05) is 6.92 Å². The molecule has 7 atom stereocenters. The van der Waals surface area contributed by atoms with Gasteiger partial charge >= 0.3 is 0 Å². The monoisotopic (exact) mass is 489 g/mol. The number of carbonyl (C=O) groups excluding carboxylic acids is 3. The van der Waals surface area contributed by atoms with Crippen LogP contribution in [0, 0.1) is 16.7 Å². The van der Waals surface area contributed by atoms with Gasteiger partial charge in [-0.05, 0) is 25.3 Å². The van der Waals surface area contributed by atoms with E-state index in [0.29, 0.717) is 44.2 Å². The van der Waals surface area contributed by atoms with Gasteiger partial charge in [-0.15, -0.1) is 0 Å². The quantitative estimate of drug-likeness (QED) is 0.551. The highest BCUT2D eigenvalue weighted by Gasteiger charge is 2.82. The molecule has 0 aromatic carbocycles. The molecule has 0 aromatic heterocycles. The van der Waals surface area contributed by atoms with E-state index in [-0.39, 0.29) is 43.3 Å². The summed E-state index contributed by atoms with van der Waals surface area (Å²) in [6.07, 6.45) is 4.15. The van der Waals surface area contributed by atoms with Crippen LogP contribution in [-0.4, -0.2) is 86.2 Å². The normalized spacial score (nSPS) is 48.1. The molecule has 3 saturated heterocycles. The van der Waals surface area contributed by atoms with E-state index in [1.807, 2.05) is 0 Å². The van der Waals surface area contributed by atoms with Crippen LogP contribution in [0.5, 0.6) is 0 Å². The van der Waals surface area contributed by atoms with Crippen LogP contribution in [0.2, 0.25) is 0 Å². The van der Waals surface area contributed by atoms with E-state index >= 15 is 0 Å². The number of amides is 1. The number of hydrogen-bond donors (Lipinski definition) is 0. The molecule has 7 rings (SSSR count). The maximum atomic E-state index is 13.8. The van der Waals surface area contributed by atoms with E-state index in [1.165, 1.54) is 6.92 Å². The lowest BCUT2D eigenvalue weighted by molar-refractivity contribution is -0.406. The van der Waals surface area contributed by atoms with Crippen LogP contribution in [0.3, 0.4) is 0 Å². The van der Waals surface area contributed by atoms with Crippen LogP contribution in [0.25, 0.3) is 0 Å². The van der Waals surface area contributed by atoms with Crippen molar-refractivity contribution in [3.8, 4) is 0 Å². The van der Waals surface area contributed by atoms with Crippen LogP contribution in [-0.2, 0) is 38.1 Å². The highest BCUT2D eigenvalue weighted by atomic mass is 16.7. The standard InChI is InChI=1S/C26H35NO8/c1-16(28)27-9-10-34-25-6-5-20(30)23(25,14-27)13-21(33-15-31-3)26-19(25)11-18(29)17-12-24(32-4,35-26)8-7-22(17,26)2/h11,17,21H,5-10,12-15H2,1-4H3/t17-,21+,22-,23-,24-,25-,26-/m0/s1. The Hall–Kier alpha value is -1.65. The predicted molar refractivity (Wildman–Crippen MR) is 121 cm³/mol. The fourth-order valence-corrected chi connectivity index (χ4v) is 8.61. The molecule has 4 bridgehead atoms. The number of ether oxygens (including phenoxy) is 5. The van der Waals surface area contributed by atoms with E-state index in [4.69, 9.17) is 23.7 Å². The number of carbonyl (C=O) groups is 3. The number of fused-ring (bicyclic) bond motifs is 1. The zero-order valence-corrected chi connectivity index (χ0v) is 21.0. The minimum atomic E-state index is -1.03. The summed E-state index contributed by atoms with van der Waals surface area (Å²) in [6, 6.07) is 0. The van der Waals surface area contributed by atoms with Gasteiger partial charge in [0.1, 0.15) is 23.8 Å². The molecule has 9 heteroatoms. The summed E-state index contributed by atoms with van der Waals surface area (Å²) in [6.45, 7) is 4.59. The third-order valence-corrected chi connectivity index (χ3v) is 10.3. The topological polar surface area (TPSA) is 101 Å². The molecule has 3 saturated carbocycles. The fourth-order valence-electron chi connectivity index (χ4n) is 8.61. The second-order valence-electron chi connectivity index (χ2n) is 11.5. The molecule has 1 spiro atoms. The highest BCUT2D eigenvalue weighted by Crippen LogP contribution is 2.73. The van der Waals surface area contributed by atoms with Crippen molar-refractivity contribution in [1.82, 2.24) is 4.90 Å². The van der Waals surface area contributed by atoms with E-state index in [0.717, 1.165) is 6.42 Å². The van der Waals surface area contributed by atoms with Crippen LogP contribution in [0.1, 0.15) is 52.4 Å². The Labute approximate surface area is 205 Å². The number of allylic oxidation sites excluding steroid dienone is 1. The average molecular weight is 490 g/mol. The van der Waals surface area contributed by atoms with Crippen molar-refractivity contribution in [1.29, 1.82) is 0 Å². The third-order valence-electron chi connectivity index (χ3n) is 10.3. The van der Waals surface area contributed by atoms with Gasteiger partial charge in [0.05, 0.1) is 18.1 Å². The molecule has 4 aliphatic carbocycles. The fraction of sp³-hybridized carbons (Fsp3) is 0.808. The Morgan fingerprint density at radius 2 is 2.00 bits per heavy atom. The van der Waals surface area contributed by atoms with Gasteiger partial charge in [-0.25, -0.2) is 0 Å². The van der Waals surface area contributed by atoms with Gasteiger partial charge in [0.15, 0.2) is 11.6 Å². The minimum absolute atomic E-state index is 0.0201. The van der Waals surface area contributed by atoms with E-state index in [2.05, 4.69) is 6.92 Å². The van der Waals surface area contributed by atoms with Gasteiger partial charge in [0.25, 0.3) is 0 Å². The number of ketones is 2. The van der Waals surface area contributed by atoms with Crippen molar-refractivity contribution in [2.45, 2.75) is 75.5 Å². The molecule has 35 heavy (non-hydrogen) atoms. The van der Waals surface area contributed by atoms with E-state index < -0.39 is 33.9 Å². The summed E-state index contributed by atoms with van der Waals surface area (Å²) in [5.41, 5.74) is -2.89. The van der Waals surface area contributed by atoms with E-state index in [9.17, 15) is 14.4 Å². The van der Waals surface area contributed by atoms with Gasteiger partial charge in [-0.3, -0.25) is 14.4 Å². The number of methoxy groups -OCH3 is 2. The maximum absolute atomic E-state index is 13.8. The van der Waals surface area contributed by atoms with Crippen molar-refractivity contribution < 1.29 is 38.1 Å². The second-order valence-corrected chi connectivity index (χ2v) is 11.5. The smallest absolute Gasteiger partial charge is 0.219 e. The molecular weight excluding hydrogens is 454 g/mol. The summed E-state index contributed by atoms with van der Waals surface area (Å²) in [5.74, 6) is -1.19. The summed E-state index contributed by atoms with van der Waals surface area (Å²) >= 11 is 0. The Kier molecular flexibility index (Phi) is 5.05. The Morgan fingerprint density at radius 3 is 2.71 bits per heavy atom. The number of rotatable bonds is 4. The molecule has 192 valence electrons. The Balaban J connectivity index is 1.61. The molecule has 6 fully saturated rings. The van der Waals surface area contributed by atoms with Crippen LogP contribution >= 0.6 is 0 Å². The molecule has 0 radical (unpaired) electrons. The van der Waals surface area contributed by atoms with Crippen molar-refractivity contribution in [2.24, 2.45) is 16.7 Å². The highest BCUT2D eigenvalue weighted by molar-refractivity contribution is 5.98. The first-order valence-corrected chi connectivity index (χ1v) is 12.7. The van der Waals surface area contributed by atoms with Gasteiger partial charge < -0.3 is 28.6 Å². The minimum Gasteiger partial charge on any atom is -0.368 e. The van der Waals surface area contributed by atoms with Crippen molar-refractivity contribution in [3.05, 3.63) is 11.6 Å². The lowest BCUT2D eigenvalue weighted by Gasteiger charge is -2.72. The van der Waals surface area contributed by atoms with Gasteiger partial charge in [-0.2, -0.15) is 0 Å². The van der Waals surface area contributed by atoms with Crippen LogP contribution < -0.4 is 0 Å². The molecule has 3 aliphatic heterocycles. The van der Waals surface area contributed by atoms with Crippen molar-refractivity contribution in [2.75, 3.05) is 40.7 Å². The molecule has 7 aliphatic rings. The molecule has 9 nitrogen and oxygen atoms in total. The second kappa shape index (κ2) is 7.44. The van der Waals surface area contributed by atoms with Gasteiger partial charge in [0.2, 0.25) is 5.91 Å². The summed E-state index contributed by atoms with van der Waals surface area (Å²) < 4.78 is 31.4. The Bertz CT molecular complexity index is 1030. The summed E-state index contributed by atoms with van der Waals surface area (Å²) in [7, 11) is 3.20. The molecule has 0 N–H and O–H groups in total. The molecule has 0 aromatic rings. The first kappa shape index (κ1) is 23.7. The first-order valence-electron chi connectivity index (χ1n) is 12.7. The molecule has 3 heterocycles. The number of hydrogen-bond acceptors (Lipinski definition) is 8. The third kappa shape index (κ3) is 2.63. The number of nitrogens with zero attached hydrogens (tertiary/aromatic N) is 1. The zero-order chi connectivity index (χ0) is 24.9. The van der Waals surface area contributed by atoms with Crippen molar-refractivity contribution >= 4 is 17.5 Å². The van der Waals surface area contributed by atoms with Crippen molar-refractivity contribution in [3.63, 3.8) is 0 Å². The largest absolute Gasteiger partial charge is 0.368 e. The maximum Gasteiger partial charge on any atom is 0.219 e. The molecule has 0 unspecified atom stereocenters. The Morgan fingerprint density at radius 1 is 1.20 bits per heavy atom. The summed E-state index contributed by atoms with van der Waals surface area (Å²) in [4.78, 5) is 41.8. The predicted octanol–water partition coefficient (Wildman–Crippen LogP) is 1.77. The first-order chi connectivity index (χ1) is 16.6. The lowest BCUT2D eigenvalue weighted by Crippen LogP contribution is -2.81. The van der Waals surface area contributed by atoms with Crippen LogP contribution in [0.4, 0.5) is 0 Å². The summed E-state index contributed by atoms with van der Waals surface area (Å²) in [5, 5.41) is 0.